The highest BCUT2D eigenvalue weighted by atomic mass is 16.3. The molecule has 1 aromatic heterocycles. The molecule has 1 fully saturated rings. The Morgan fingerprint density at radius 3 is 2.89 bits per heavy atom. The van der Waals surface area contributed by atoms with Crippen molar-refractivity contribution in [2.75, 3.05) is 13.1 Å². The van der Waals surface area contributed by atoms with Crippen molar-refractivity contribution in [3.8, 4) is 0 Å². The first-order valence-corrected chi connectivity index (χ1v) is 6.91. The smallest absolute Gasteiger partial charge is 0.147 e. The Labute approximate surface area is 109 Å². The number of hydrogen-bond acceptors (Lipinski definition) is 4. The molecule has 2 heterocycles. The van der Waals surface area contributed by atoms with Crippen molar-refractivity contribution in [3.05, 3.63) is 11.6 Å². The summed E-state index contributed by atoms with van der Waals surface area (Å²) in [5, 5.41) is 18.1. The van der Waals surface area contributed by atoms with Crippen LogP contribution in [0.25, 0.3) is 0 Å². The molecule has 1 aliphatic rings. The van der Waals surface area contributed by atoms with Gasteiger partial charge in [0.2, 0.25) is 0 Å². The molecule has 1 aromatic rings. The van der Waals surface area contributed by atoms with E-state index in [9.17, 15) is 5.11 Å². The summed E-state index contributed by atoms with van der Waals surface area (Å²) in [5.74, 6) is 2.43. The van der Waals surface area contributed by atoms with Gasteiger partial charge >= 0.3 is 0 Å². The van der Waals surface area contributed by atoms with E-state index in [-0.39, 0.29) is 6.10 Å². The lowest BCUT2D eigenvalue weighted by molar-refractivity contribution is 0.0584. The molecule has 0 saturated carbocycles. The third kappa shape index (κ3) is 2.90. The fourth-order valence-corrected chi connectivity index (χ4v) is 2.78. The Kier molecular flexibility index (Phi) is 4.35. The van der Waals surface area contributed by atoms with Gasteiger partial charge < -0.3 is 9.67 Å². The summed E-state index contributed by atoms with van der Waals surface area (Å²) in [4.78, 5) is 2.39. The zero-order valence-corrected chi connectivity index (χ0v) is 11.6. The molecule has 0 amide bonds. The van der Waals surface area contributed by atoms with E-state index >= 15 is 0 Å². The maximum absolute atomic E-state index is 9.71. The SMILES string of the molecule is CCn1c(C)nnc1CN1CCCC(C(C)O)C1. The van der Waals surface area contributed by atoms with Crippen molar-refractivity contribution < 1.29 is 5.11 Å². The van der Waals surface area contributed by atoms with Crippen LogP contribution in [-0.2, 0) is 13.1 Å². The fourth-order valence-electron chi connectivity index (χ4n) is 2.78. The van der Waals surface area contributed by atoms with Gasteiger partial charge in [0.05, 0.1) is 12.6 Å². The van der Waals surface area contributed by atoms with E-state index in [2.05, 4.69) is 26.6 Å². The number of hydrogen-bond donors (Lipinski definition) is 1. The van der Waals surface area contributed by atoms with Crippen LogP contribution in [0.2, 0.25) is 0 Å². The maximum Gasteiger partial charge on any atom is 0.147 e. The van der Waals surface area contributed by atoms with E-state index in [0.717, 1.165) is 50.7 Å². The van der Waals surface area contributed by atoms with Crippen molar-refractivity contribution in [1.82, 2.24) is 19.7 Å². The predicted octanol–water partition coefficient (Wildman–Crippen LogP) is 1.20. The third-order valence-corrected chi connectivity index (χ3v) is 3.92. The van der Waals surface area contributed by atoms with Gasteiger partial charge in [-0.1, -0.05) is 0 Å². The molecule has 2 rings (SSSR count). The normalized spacial score (nSPS) is 23.2. The standard InChI is InChI=1S/C13H24N4O/c1-4-17-11(3)14-15-13(17)9-16-7-5-6-12(8-16)10(2)18/h10,12,18H,4-9H2,1-3H3. The first kappa shape index (κ1) is 13.5. The summed E-state index contributed by atoms with van der Waals surface area (Å²) in [6.45, 7) is 9.84. The van der Waals surface area contributed by atoms with Gasteiger partial charge in [-0.25, -0.2) is 0 Å². The molecular formula is C13H24N4O. The summed E-state index contributed by atoms with van der Waals surface area (Å²) in [7, 11) is 0. The van der Waals surface area contributed by atoms with Gasteiger partial charge in [-0.3, -0.25) is 4.90 Å². The van der Waals surface area contributed by atoms with Crippen molar-refractivity contribution in [1.29, 1.82) is 0 Å². The van der Waals surface area contributed by atoms with Crippen LogP contribution in [0.5, 0.6) is 0 Å². The van der Waals surface area contributed by atoms with Gasteiger partial charge in [0.15, 0.2) is 0 Å². The molecule has 18 heavy (non-hydrogen) atoms. The zero-order valence-electron chi connectivity index (χ0n) is 11.6. The molecule has 102 valence electrons. The molecule has 0 spiro atoms. The summed E-state index contributed by atoms with van der Waals surface area (Å²) >= 11 is 0. The van der Waals surface area contributed by atoms with Crippen molar-refractivity contribution in [2.45, 2.75) is 52.8 Å². The number of aryl methyl sites for hydroxylation is 1. The molecular weight excluding hydrogens is 228 g/mol. The molecule has 5 heteroatoms. The average Bonchev–Trinajstić information content (AvgIpc) is 2.70. The van der Waals surface area contributed by atoms with Crippen LogP contribution in [0.15, 0.2) is 0 Å². The second-order valence-electron chi connectivity index (χ2n) is 5.29. The van der Waals surface area contributed by atoms with Gasteiger partial charge in [-0.2, -0.15) is 0 Å². The Balaban J connectivity index is 2.00. The maximum atomic E-state index is 9.71. The van der Waals surface area contributed by atoms with Crippen molar-refractivity contribution in [3.63, 3.8) is 0 Å². The zero-order chi connectivity index (χ0) is 13.1. The lowest BCUT2D eigenvalue weighted by Gasteiger charge is -2.33. The molecule has 1 aliphatic heterocycles. The number of aliphatic hydroxyl groups is 1. The van der Waals surface area contributed by atoms with Crippen LogP contribution in [0.3, 0.4) is 0 Å². The lowest BCUT2D eigenvalue weighted by Crippen LogP contribution is -2.39. The fraction of sp³-hybridized carbons (Fsp3) is 0.846. The van der Waals surface area contributed by atoms with E-state index < -0.39 is 0 Å². The molecule has 0 aliphatic carbocycles. The summed E-state index contributed by atoms with van der Waals surface area (Å²) in [6, 6.07) is 0. The van der Waals surface area contributed by atoms with Crippen LogP contribution in [0.1, 0.15) is 38.3 Å². The molecule has 2 unspecified atom stereocenters. The minimum absolute atomic E-state index is 0.210. The summed E-state index contributed by atoms with van der Waals surface area (Å²) < 4.78 is 2.16. The Hall–Kier alpha value is -0.940. The van der Waals surface area contributed by atoms with Gasteiger partial charge in [-0.15, -0.1) is 10.2 Å². The number of rotatable bonds is 4. The average molecular weight is 252 g/mol. The summed E-state index contributed by atoms with van der Waals surface area (Å²) in [6.07, 6.45) is 2.08. The first-order chi connectivity index (χ1) is 8.61. The van der Waals surface area contributed by atoms with E-state index in [1.54, 1.807) is 0 Å². The minimum atomic E-state index is -0.210. The molecule has 0 aromatic carbocycles. The third-order valence-electron chi connectivity index (χ3n) is 3.92. The summed E-state index contributed by atoms with van der Waals surface area (Å²) in [5.41, 5.74) is 0. The predicted molar refractivity (Wildman–Crippen MR) is 70.1 cm³/mol. The van der Waals surface area contributed by atoms with Crippen molar-refractivity contribution >= 4 is 0 Å². The highest BCUT2D eigenvalue weighted by molar-refractivity contribution is 4.94. The van der Waals surface area contributed by atoms with E-state index in [4.69, 9.17) is 0 Å². The molecule has 1 N–H and O–H groups in total. The van der Waals surface area contributed by atoms with Crippen LogP contribution in [0.4, 0.5) is 0 Å². The van der Waals surface area contributed by atoms with Gasteiger partial charge in [-0.05, 0) is 46.1 Å². The van der Waals surface area contributed by atoms with E-state index in [1.807, 2.05) is 13.8 Å². The van der Waals surface area contributed by atoms with E-state index in [1.165, 1.54) is 0 Å². The molecule has 1 saturated heterocycles. The quantitative estimate of drug-likeness (QED) is 0.875. The Morgan fingerprint density at radius 2 is 2.22 bits per heavy atom. The molecule has 0 bridgehead atoms. The van der Waals surface area contributed by atoms with Gasteiger partial charge in [0.25, 0.3) is 0 Å². The van der Waals surface area contributed by atoms with E-state index in [0.29, 0.717) is 5.92 Å². The molecule has 2 atom stereocenters. The highest BCUT2D eigenvalue weighted by Crippen LogP contribution is 2.21. The van der Waals surface area contributed by atoms with Crippen LogP contribution >= 0.6 is 0 Å². The second-order valence-corrected chi connectivity index (χ2v) is 5.29. The second kappa shape index (κ2) is 5.80. The van der Waals surface area contributed by atoms with Gasteiger partial charge in [0.1, 0.15) is 11.6 Å². The van der Waals surface area contributed by atoms with Crippen LogP contribution < -0.4 is 0 Å². The topological polar surface area (TPSA) is 54.2 Å². The number of nitrogens with zero attached hydrogens (tertiary/aromatic N) is 4. The number of aromatic nitrogens is 3. The van der Waals surface area contributed by atoms with Crippen molar-refractivity contribution in [2.24, 2.45) is 5.92 Å². The monoisotopic (exact) mass is 252 g/mol. The largest absolute Gasteiger partial charge is 0.393 e. The highest BCUT2D eigenvalue weighted by Gasteiger charge is 2.24. The molecule has 5 nitrogen and oxygen atoms in total. The Morgan fingerprint density at radius 1 is 1.44 bits per heavy atom. The Bertz CT molecular complexity index is 388. The van der Waals surface area contributed by atoms with Crippen LogP contribution in [0, 0.1) is 12.8 Å². The van der Waals surface area contributed by atoms with Gasteiger partial charge in [0, 0.05) is 13.1 Å². The molecule has 0 radical (unpaired) electrons. The lowest BCUT2D eigenvalue weighted by atomic mass is 9.93. The van der Waals surface area contributed by atoms with Crippen LogP contribution in [-0.4, -0.2) is 44.0 Å². The minimum Gasteiger partial charge on any atom is -0.393 e. The number of piperidine rings is 1. The number of aliphatic hydroxyl groups excluding tert-OH is 1. The first-order valence-electron chi connectivity index (χ1n) is 6.91. The number of likely N-dealkylation sites (tertiary alicyclic amines) is 1.